The zero-order valence-corrected chi connectivity index (χ0v) is 18.0. The number of aromatic nitrogens is 2. The van der Waals surface area contributed by atoms with Crippen molar-refractivity contribution in [3.63, 3.8) is 0 Å². The molecule has 3 heterocycles. The lowest BCUT2D eigenvalue weighted by atomic mass is 9.93. The molecule has 5 rings (SSSR count). The minimum absolute atomic E-state index is 0.196. The van der Waals surface area contributed by atoms with Crippen LogP contribution in [0.4, 0.5) is 0 Å². The molecule has 0 fully saturated rings. The lowest BCUT2D eigenvalue weighted by Gasteiger charge is -2.35. The Morgan fingerprint density at radius 1 is 1.06 bits per heavy atom. The van der Waals surface area contributed by atoms with Gasteiger partial charge in [0.15, 0.2) is 6.61 Å². The van der Waals surface area contributed by atoms with Gasteiger partial charge in [-0.25, -0.2) is 0 Å². The summed E-state index contributed by atoms with van der Waals surface area (Å²) in [6.07, 6.45) is 1.04. The monoisotopic (exact) mass is 433 g/mol. The van der Waals surface area contributed by atoms with E-state index in [0.29, 0.717) is 18.3 Å². The summed E-state index contributed by atoms with van der Waals surface area (Å²) in [5.41, 5.74) is 2.66. The fraction of sp³-hybridized carbons (Fsp3) is 0.250. The van der Waals surface area contributed by atoms with E-state index in [1.54, 1.807) is 7.11 Å². The van der Waals surface area contributed by atoms with Gasteiger partial charge in [-0.1, -0.05) is 35.5 Å². The number of ether oxygens (including phenoxy) is 2. The second kappa shape index (κ2) is 8.91. The molecule has 2 aromatic carbocycles. The number of nitrogens with zero attached hydrogens (tertiary/aromatic N) is 3. The van der Waals surface area contributed by atoms with Crippen LogP contribution in [-0.4, -0.2) is 28.7 Å². The molecule has 1 atom stereocenters. The quantitative estimate of drug-likeness (QED) is 0.415. The third kappa shape index (κ3) is 4.33. The van der Waals surface area contributed by atoms with Crippen LogP contribution >= 0.6 is 11.3 Å². The molecule has 7 heteroatoms. The fourth-order valence-electron chi connectivity index (χ4n) is 3.97. The first-order valence-electron chi connectivity index (χ1n) is 10.2. The summed E-state index contributed by atoms with van der Waals surface area (Å²) in [5, 5.41) is 6.29. The summed E-state index contributed by atoms with van der Waals surface area (Å²) in [7, 11) is 1.64. The molecule has 31 heavy (non-hydrogen) atoms. The minimum Gasteiger partial charge on any atom is -0.497 e. The Kier molecular flexibility index (Phi) is 5.69. The molecule has 0 radical (unpaired) electrons. The normalized spacial score (nSPS) is 16.1. The van der Waals surface area contributed by atoms with E-state index in [-0.39, 0.29) is 12.6 Å². The van der Waals surface area contributed by atoms with Gasteiger partial charge in [-0.05, 0) is 53.3 Å². The summed E-state index contributed by atoms with van der Waals surface area (Å²) in [4.78, 5) is 8.43. The first kappa shape index (κ1) is 19.8. The number of methoxy groups -OCH3 is 1. The summed E-state index contributed by atoms with van der Waals surface area (Å²) in [6.45, 7) is 1.81. The SMILES string of the molecule is COc1ccc(OCc2noc(CN3CCc4sccc4[C@H]3c3ccccc3)n2)cc1. The molecule has 1 aliphatic heterocycles. The van der Waals surface area contributed by atoms with Gasteiger partial charge in [0.2, 0.25) is 11.7 Å². The number of rotatable bonds is 7. The van der Waals surface area contributed by atoms with Crippen LogP contribution in [0.2, 0.25) is 0 Å². The van der Waals surface area contributed by atoms with Crippen LogP contribution in [0.5, 0.6) is 11.5 Å². The standard InChI is InChI=1S/C24H23N3O3S/c1-28-18-7-9-19(10-8-18)29-16-22-25-23(30-26-22)15-27-13-11-21-20(12-14-31-21)24(27)17-5-3-2-4-6-17/h2-10,12,14,24H,11,13,15-16H2,1H3/t24-/m1/s1. The summed E-state index contributed by atoms with van der Waals surface area (Å²) in [5.74, 6) is 2.66. The lowest BCUT2D eigenvalue weighted by molar-refractivity contribution is 0.179. The predicted octanol–water partition coefficient (Wildman–Crippen LogP) is 4.87. The maximum Gasteiger partial charge on any atom is 0.240 e. The predicted molar refractivity (Wildman–Crippen MR) is 118 cm³/mol. The molecule has 0 saturated heterocycles. The summed E-state index contributed by atoms with van der Waals surface area (Å²) >= 11 is 1.84. The Morgan fingerprint density at radius 2 is 1.87 bits per heavy atom. The van der Waals surface area contributed by atoms with E-state index in [4.69, 9.17) is 14.0 Å². The summed E-state index contributed by atoms with van der Waals surface area (Å²) < 4.78 is 16.5. The third-order valence-electron chi connectivity index (χ3n) is 5.46. The van der Waals surface area contributed by atoms with Crippen LogP contribution in [0, 0.1) is 0 Å². The van der Waals surface area contributed by atoms with E-state index in [1.807, 2.05) is 35.6 Å². The first-order valence-corrected chi connectivity index (χ1v) is 11.1. The second-order valence-electron chi connectivity index (χ2n) is 7.40. The van der Waals surface area contributed by atoms with Crippen molar-refractivity contribution in [2.75, 3.05) is 13.7 Å². The Labute approximate surface area is 185 Å². The highest BCUT2D eigenvalue weighted by atomic mass is 32.1. The highest BCUT2D eigenvalue weighted by molar-refractivity contribution is 7.10. The topological polar surface area (TPSA) is 60.6 Å². The van der Waals surface area contributed by atoms with Crippen LogP contribution in [0.15, 0.2) is 70.6 Å². The van der Waals surface area contributed by atoms with E-state index < -0.39 is 0 Å². The molecular formula is C24H23N3O3S. The maximum atomic E-state index is 5.77. The number of thiophene rings is 1. The molecule has 1 aliphatic rings. The van der Waals surface area contributed by atoms with Crippen molar-refractivity contribution in [1.82, 2.24) is 15.0 Å². The molecule has 0 saturated carbocycles. The average molecular weight is 434 g/mol. The van der Waals surface area contributed by atoms with Crippen molar-refractivity contribution in [2.24, 2.45) is 0 Å². The van der Waals surface area contributed by atoms with Gasteiger partial charge in [0.25, 0.3) is 0 Å². The van der Waals surface area contributed by atoms with E-state index >= 15 is 0 Å². The lowest BCUT2D eigenvalue weighted by Crippen LogP contribution is -2.35. The third-order valence-corrected chi connectivity index (χ3v) is 6.45. The van der Waals surface area contributed by atoms with Crippen LogP contribution in [0.25, 0.3) is 0 Å². The van der Waals surface area contributed by atoms with Crippen molar-refractivity contribution in [3.05, 3.63) is 93.8 Å². The number of hydrogen-bond acceptors (Lipinski definition) is 7. The molecule has 0 amide bonds. The van der Waals surface area contributed by atoms with E-state index in [9.17, 15) is 0 Å². The van der Waals surface area contributed by atoms with Gasteiger partial charge in [0.05, 0.1) is 19.7 Å². The molecule has 6 nitrogen and oxygen atoms in total. The highest BCUT2D eigenvalue weighted by Crippen LogP contribution is 2.38. The maximum absolute atomic E-state index is 5.77. The van der Waals surface area contributed by atoms with E-state index in [0.717, 1.165) is 24.5 Å². The van der Waals surface area contributed by atoms with Crippen molar-refractivity contribution >= 4 is 11.3 Å². The zero-order valence-electron chi connectivity index (χ0n) is 17.2. The minimum atomic E-state index is 0.196. The van der Waals surface area contributed by atoms with Gasteiger partial charge < -0.3 is 14.0 Å². The van der Waals surface area contributed by atoms with Gasteiger partial charge in [-0.3, -0.25) is 4.90 Å². The fourth-order valence-corrected chi connectivity index (χ4v) is 4.87. The molecule has 4 aromatic rings. The second-order valence-corrected chi connectivity index (χ2v) is 8.40. The molecule has 2 aromatic heterocycles. The molecule has 158 valence electrons. The average Bonchev–Trinajstić information content (AvgIpc) is 3.48. The van der Waals surface area contributed by atoms with Gasteiger partial charge >= 0.3 is 0 Å². The van der Waals surface area contributed by atoms with Crippen molar-refractivity contribution in [2.45, 2.75) is 25.6 Å². The van der Waals surface area contributed by atoms with Crippen LogP contribution < -0.4 is 9.47 Å². The van der Waals surface area contributed by atoms with E-state index in [1.165, 1.54) is 16.0 Å². The molecule has 0 spiro atoms. The van der Waals surface area contributed by atoms with Gasteiger partial charge in [0, 0.05) is 11.4 Å². The largest absolute Gasteiger partial charge is 0.497 e. The Bertz CT molecular complexity index is 1120. The Hall–Kier alpha value is -3.16. The Balaban J connectivity index is 1.28. The number of hydrogen-bond donors (Lipinski definition) is 0. The van der Waals surface area contributed by atoms with Crippen LogP contribution in [-0.2, 0) is 19.6 Å². The van der Waals surface area contributed by atoms with Crippen molar-refractivity contribution in [1.29, 1.82) is 0 Å². The van der Waals surface area contributed by atoms with E-state index in [2.05, 4.69) is 56.8 Å². The van der Waals surface area contributed by atoms with Crippen molar-refractivity contribution in [3.8, 4) is 11.5 Å². The number of benzene rings is 2. The molecule has 0 bridgehead atoms. The highest BCUT2D eigenvalue weighted by Gasteiger charge is 2.30. The summed E-state index contributed by atoms with van der Waals surface area (Å²) in [6, 6.07) is 20.5. The molecular weight excluding hydrogens is 410 g/mol. The van der Waals surface area contributed by atoms with Gasteiger partial charge in [-0.2, -0.15) is 4.98 Å². The molecule has 0 aliphatic carbocycles. The van der Waals surface area contributed by atoms with Crippen LogP contribution in [0.3, 0.4) is 0 Å². The van der Waals surface area contributed by atoms with Crippen molar-refractivity contribution < 1.29 is 14.0 Å². The van der Waals surface area contributed by atoms with Crippen LogP contribution in [0.1, 0.15) is 33.8 Å². The van der Waals surface area contributed by atoms with Gasteiger partial charge in [0.1, 0.15) is 11.5 Å². The Morgan fingerprint density at radius 3 is 2.68 bits per heavy atom. The molecule has 0 unspecified atom stereocenters. The smallest absolute Gasteiger partial charge is 0.240 e. The van der Waals surface area contributed by atoms with Gasteiger partial charge in [-0.15, -0.1) is 11.3 Å². The zero-order chi connectivity index (χ0) is 21.0. The molecule has 0 N–H and O–H groups in total. The first-order chi connectivity index (χ1) is 15.3. The number of fused-ring (bicyclic) bond motifs is 1.